The molecule has 1 aromatic carbocycles. The number of benzene rings is 1. The number of halogens is 1. The molecule has 6 nitrogen and oxygen atoms in total. The standard InChI is InChI=1S/C18H27ClN2O4S/c1-18(2,3)25-17(22)20(4)15-9-11-21(12-10-15)26(23,24)13-14-7-5-6-8-16(14)19/h5-8,15H,9-13H2,1-4H3. The maximum absolute atomic E-state index is 12.7. The van der Waals surface area contributed by atoms with E-state index in [4.69, 9.17) is 16.3 Å². The first-order chi connectivity index (χ1) is 12.0. The Morgan fingerprint density at radius 2 is 1.85 bits per heavy atom. The zero-order valence-electron chi connectivity index (χ0n) is 15.7. The highest BCUT2D eigenvalue weighted by atomic mass is 35.5. The third-order valence-electron chi connectivity index (χ3n) is 4.34. The number of rotatable bonds is 4. The first kappa shape index (κ1) is 21.0. The largest absolute Gasteiger partial charge is 0.444 e. The third kappa shape index (κ3) is 5.59. The molecule has 0 atom stereocenters. The number of nitrogens with zero attached hydrogens (tertiary/aromatic N) is 2. The van der Waals surface area contributed by atoms with E-state index < -0.39 is 15.6 Å². The van der Waals surface area contributed by atoms with Gasteiger partial charge in [0, 0.05) is 31.2 Å². The zero-order chi connectivity index (χ0) is 19.5. The SMILES string of the molecule is CN(C(=O)OC(C)(C)C)C1CCN(S(=O)(=O)Cc2ccccc2Cl)CC1. The Kier molecular flexibility index (Phi) is 6.58. The van der Waals surface area contributed by atoms with Crippen LogP contribution in [-0.4, -0.2) is 55.5 Å². The van der Waals surface area contributed by atoms with Crippen molar-refractivity contribution in [1.29, 1.82) is 0 Å². The fourth-order valence-electron chi connectivity index (χ4n) is 2.89. The number of carbonyl (C=O) groups excluding carboxylic acids is 1. The summed E-state index contributed by atoms with van der Waals surface area (Å²) in [5.74, 6) is -0.112. The molecule has 146 valence electrons. The molecule has 0 unspecified atom stereocenters. The Morgan fingerprint density at radius 3 is 2.38 bits per heavy atom. The van der Waals surface area contributed by atoms with Gasteiger partial charge in [0.2, 0.25) is 10.0 Å². The van der Waals surface area contributed by atoms with Crippen LogP contribution in [0.2, 0.25) is 5.02 Å². The van der Waals surface area contributed by atoms with E-state index in [1.807, 2.05) is 20.8 Å². The summed E-state index contributed by atoms with van der Waals surface area (Å²) in [4.78, 5) is 13.7. The van der Waals surface area contributed by atoms with E-state index in [9.17, 15) is 13.2 Å². The summed E-state index contributed by atoms with van der Waals surface area (Å²) in [5.41, 5.74) is 0.0480. The van der Waals surface area contributed by atoms with Gasteiger partial charge in [-0.1, -0.05) is 29.8 Å². The summed E-state index contributed by atoms with van der Waals surface area (Å²) >= 11 is 6.08. The van der Waals surface area contributed by atoms with Crippen molar-refractivity contribution in [2.45, 2.75) is 51.0 Å². The Morgan fingerprint density at radius 1 is 1.27 bits per heavy atom. The van der Waals surface area contributed by atoms with Gasteiger partial charge in [-0.15, -0.1) is 0 Å². The second-order valence-corrected chi connectivity index (χ2v) is 9.95. The fourth-order valence-corrected chi connectivity index (χ4v) is 4.77. The first-order valence-corrected chi connectivity index (χ1v) is 10.7. The number of amides is 1. The molecule has 0 aromatic heterocycles. The quantitative estimate of drug-likeness (QED) is 0.772. The Hall–Kier alpha value is -1.31. The maximum Gasteiger partial charge on any atom is 0.410 e. The van der Waals surface area contributed by atoms with Crippen molar-refractivity contribution in [1.82, 2.24) is 9.21 Å². The van der Waals surface area contributed by atoms with Gasteiger partial charge in [0.1, 0.15) is 5.60 Å². The molecule has 1 saturated heterocycles. The lowest BCUT2D eigenvalue weighted by Gasteiger charge is -2.36. The molecule has 1 fully saturated rings. The minimum absolute atomic E-state index is 0.0309. The number of carbonyl (C=O) groups is 1. The Balaban J connectivity index is 1.95. The van der Waals surface area contributed by atoms with E-state index in [0.717, 1.165) is 0 Å². The molecule has 1 aromatic rings. The molecule has 2 rings (SSSR count). The smallest absolute Gasteiger partial charge is 0.410 e. The van der Waals surface area contributed by atoms with E-state index in [1.54, 1.807) is 36.2 Å². The van der Waals surface area contributed by atoms with E-state index in [2.05, 4.69) is 0 Å². The number of hydrogen-bond acceptors (Lipinski definition) is 4. The number of piperidine rings is 1. The van der Waals surface area contributed by atoms with E-state index in [0.29, 0.717) is 36.5 Å². The van der Waals surface area contributed by atoms with Crippen LogP contribution in [-0.2, 0) is 20.5 Å². The average Bonchev–Trinajstić information content (AvgIpc) is 2.55. The van der Waals surface area contributed by atoms with Gasteiger partial charge in [0.15, 0.2) is 0 Å². The van der Waals surface area contributed by atoms with Crippen LogP contribution in [0.3, 0.4) is 0 Å². The average molecular weight is 403 g/mol. The predicted molar refractivity (Wildman–Crippen MR) is 103 cm³/mol. The van der Waals surface area contributed by atoms with E-state index in [1.165, 1.54) is 4.31 Å². The molecule has 1 aliphatic rings. The van der Waals surface area contributed by atoms with Crippen molar-refractivity contribution in [3.05, 3.63) is 34.9 Å². The monoisotopic (exact) mass is 402 g/mol. The topological polar surface area (TPSA) is 66.9 Å². The summed E-state index contributed by atoms with van der Waals surface area (Å²) in [6.45, 7) is 6.23. The highest BCUT2D eigenvalue weighted by Gasteiger charge is 2.32. The third-order valence-corrected chi connectivity index (χ3v) is 6.54. The second-order valence-electron chi connectivity index (χ2n) is 7.57. The summed E-state index contributed by atoms with van der Waals surface area (Å²) in [6.07, 6.45) is 0.782. The summed E-state index contributed by atoms with van der Waals surface area (Å²) in [7, 11) is -1.74. The van der Waals surface area contributed by atoms with Crippen LogP contribution in [0.25, 0.3) is 0 Å². The number of sulfonamides is 1. The molecule has 0 radical (unpaired) electrons. The van der Waals surface area contributed by atoms with Crippen molar-refractivity contribution in [2.75, 3.05) is 20.1 Å². The molecule has 0 spiro atoms. The van der Waals surface area contributed by atoms with Crippen LogP contribution in [0.15, 0.2) is 24.3 Å². The molecule has 8 heteroatoms. The first-order valence-electron chi connectivity index (χ1n) is 8.66. The van der Waals surface area contributed by atoms with Gasteiger partial charge in [-0.2, -0.15) is 0 Å². The van der Waals surface area contributed by atoms with Crippen LogP contribution >= 0.6 is 11.6 Å². The highest BCUT2D eigenvalue weighted by molar-refractivity contribution is 7.88. The van der Waals surface area contributed by atoms with Gasteiger partial charge < -0.3 is 9.64 Å². The molecular weight excluding hydrogens is 376 g/mol. The minimum Gasteiger partial charge on any atom is -0.444 e. The summed E-state index contributed by atoms with van der Waals surface area (Å²) < 4.78 is 32.2. The van der Waals surface area contributed by atoms with E-state index >= 15 is 0 Å². The van der Waals surface area contributed by atoms with Gasteiger partial charge in [-0.05, 0) is 45.2 Å². The molecular formula is C18H27ClN2O4S. The molecule has 26 heavy (non-hydrogen) atoms. The van der Waals surface area contributed by atoms with Crippen LogP contribution in [0.4, 0.5) is 4.79 Å². The van der Waals surface area contributed by atoms with Crippen molar-refractivity contribution >= 4 is 27.7 Å². The molecule has 0 saturated carbocycles. The Labute approximate surface area is 161 Å². The normalized spacial score (nSPS) is 17.1. The van der Waals surface area contributed by atoms with Crippen molar-refractivity contribution < 1.29 is 17.9 Å². The van der Waals surface area contributed by atoms with Crippen molar-refractivity contribution in [2.24, 2.45) is 0 Å². The Bertz CT molecular complexity index is 738. The molecule has 1 aliphatic heterocycles. The maximum atomic E-state index is 12.7. The van der Waals surface area contributed by atoms with Gasteiger partial charge in [0.25, 0.3) is 0 Å². The van der Waals surface area contributed by atoms with Crippen molar-refractivity contribution in [3.8, 4) is 0 Å². The molecule has 1 amide bonds. The van der Waals surface area contributed by atoms with Crippen LogP contribution in [0.1, 0.15) is 39.2 Å². The van der Waals surface area contributed by atoms with Crippen LogP contribution < -0.4 is 0 Å². The number of ether oxygens (including phenoxy) is 1. The van der Waals surface area contributed by atoms with Crippen LogP contribution in [0, 0.1) is 0 Å². The predicted octanol–water partition coefficient (Wildman–Crippen LogP) is 3.50. The van der Waals surface area contributed by atoms with Crippen molar-refractivity contribution in [3.63, 3.8) is 0 Å². The highest BCUT2D eigenvalue weighted by Crippen LogP contribution is 2.24. The fraction of sp³-hybridized carbons (Fsp3) is 0.611. The summed E-state index contributed by atoms with van der Waals surface area (Å²) in [6, 6.07) is 6.93. The van der Waals surface area contributed by atoms with E-state index in [-0.39, 0.29) is 17.9 Å². The minimum atomic E-state index is -3.44. The van der Waals surface area contributed by atoms with Gasteiger partial charge in [-0.25, -0.2) is 17.5 Å². The lowest BCUT2D eigenvalue weighted by atomic mass is 10.1. The zero-order valence-corrected chi connectivity index (χ0v) is 17.3. The second kappa shape index (κ2) is 8.15. The summed E-state index contributed by atoms with van der Waals surface area (Å²) in [5, 5.41) is 0.454. The lowest BCUT2D eigenvalue weighted by molar-refractivity contribution is 0.0178. The lowest BCUT2D eigenvalue weighted by Crippen LogP contribution is -2.48. The molecule has 0 aliphatic carbocycles. The number of hydrogen-bond donors (Lipinski definition) is 0. The van der Waals surface area contributed by atoms with Gasteiger partial charge in [-0.3, -0.25) is 0 Å². The van der Waals surface area contributed by atoms with Gasteiger partial charge >= 0.3 is 6.09 Å². The van der Waals surface area contributed by atoms with Crippen LogP contribution in [0.5, 0.6) is 0 Å². The molecule has 0 N–H and O–H groups in total. The molecule has 0 bridgehead atoms. The van der Waals surface area contributed by atoms with Gasteiger partial charge in [0.05, 0.1) is 5.75 Å². The molecule has 1 heterocycles.